The van der Waals surface area contributed by atoms with Crippen molar-refractivity contribution in [1.29, 1.82) is 0 Å². The first-order valence-electron chi connectivity index (χ1n) is 1.51. The monoisotopic (exact) mass is 188 g/mol. The molecular weight excluding hydrogens is 184 g/mol. The predicted molar refractivity (Wildman–Crippen MR) is 44.9 cm³/mol. The van der Waals surface area contributed by atoms with Crippen molar-refractivity contribution >= 4 is 53.7 Å². The fourth-order valence-electron chi connectivity index (χ4n) is 0.0390. The van der Waals surface area contributed by atoms with Crippen LogP contribution in [0.25, 0.3) is 0 Å². The lowest BCUT2D eigenvalue weighted by Crippen LogP contribution is -2.19. The van der Waals surface area contributed by atoms with Gasteiger partial charge in [-0.3, -0.25) is 0 Å². The normalized spacial score (nSPS) is 11.4. The van der Waals surface area contributed by atoms with E-state index >= 15 is 0 Å². The van der Waals surface area contributed by atoms with Gasteiger partial charge in [0.1, 0.15) is 0 Å². The third-order valence-corrected chi connectivity index (χ3v) is 3.45. The van der Waals surface area contributed by atoms with Crippen LogP contribution >= 0.6 is 47.7 Å². The van der Waals surface area contributed by atoms with Crippen LogP contribution in [-0.2, 0) is 4.79 Å². The molecule has 8 heavy (non-hydrogen) atoms. The molecule has 0 saturated carbocycles. The van der Waals surface area contributed by atoms with Crippen LogP contribution in [-0.4, -0.2) is 14.5 Å². The topological polar surface area (TPSA) is 37.3 Å². The van der Waals surface area contributed by atoms with E-state index < -0.39 is 9.38 Å². The number of hydrogen-bond donors (Lipinski definition) is 4. The second-order valence-corrected chi connectivity index (χ2v) is 4.65. The molecule has 0 unspecified atom stereocenters. The Kier molecular flexibility index (Phi) is 3.49. The Hall–Kier alpha value is 0.870. The van der Waals surface area contributed by atoms with Gasteiger partial charge < -0.3 is 5.11 Å². The van der Waals surface area contributed by atoms with Crippen LogP contribution in [0, 0.1) is 0 Å². The second kappa shape index (κ2) is 3.14. The summed E-state index contributed by atoms with van der Waals surface area (Å²) in [7, 11) is 0.758. The summed E-state index contributed by atoms with van der Waals surface area (Å²) in [5, 5.41) is 8.22. The smallest absolute Gasteiger partial charge is 0.341 e. The summed E-state index contributed by atoms with van der Waals surface area (Å²) >= 11 is 10.9. The minimum atomic E-state index is -1.37. The van der Waals surface area contributed by atoms with Gasteiger partial charge in [0.15, 0.2) is 0 Å². The van der Waals surface area contributed by atoms with Crippen LogP contribution in [0.15, 0.2) is 0 Å². The highest BCUT2D eigenvalue weighted by Gasteiger charge is 2.28. The highest BCUT2D eigenvalue weighted by atomic mass is 33.1. The van der Waals surface area contributed by atoms with Crippen LogP contribution in [0.4, 0.5) is 0 Å². The molecule has 0 aromatic heterocycles. The highest BCUT2D eigenvalue weighted by molar-refractivity contribution is 8.73. The van der Waals surface area contributed by atoms with Gasteiger partial charge >= 0.3 is 5.97 Å². The number of carboxylic acids is 1. The van der Waals surface area contributed by atoms with E-state index in [2.05, 4.69) is 36.9 Å². The largest absolute Gasteiger partial charge is 0.479 e. The number of hydrogen-bond acceptors (Lipinski definition) is 5. The molecule has 0 bridgehead atoms. The fourth-order valence-corrected chi connectivity index (χ4v) is 0.351. The number of aliphatic carboxylic acids is 1. The van der Waals surface area contributed by atoms with E-state index in [1.165, 1.54) is 0 Å². The van der Waals surface area contributed by atoms with Gasteiger partial charge in [0, 0.05) is 0 Å². The summed E-state index contributed by atoms with van der Waals surface area (Å²) in [4.78, 5) is 10.0. The third-order valence-electron chi connectivity index (χ3n) is 0.406. The molecule has 0 aromatic rings. The highest BCUT2D eigenvalue weighted by Crippen LogP contribution is 2.36. The SMILES string of the molecule is O=C(O)C(S)(S)SS. The Morgan fingerprint density at radius 1 is 1.62 bits per heavy atom. The van der Waals surface area contributed by atoms with Gasteiger partial charge in [-0.05, 0) is 0 Å². The molecule has 0 amide bonds. The van der Waals surface area contributed by atoms with Gasteiger partial charge in [0.2, 0.25) is 3.41 Å². The van der Waals surface area contributed by atoms with Crippen molar-refractivity contribution in [3.05, 3.63) is 0 Å². The van der Waals surface area contributed by atoms with Gasteiger partial charge in [-0.2, -0.15) is 0 Å². The lowest BCUT2D eigenvalue weighted by Gasteiger charge is -2.10. The summed E-state index contributed by atoms with van der Waals surface area (Å²) in [6.07, 6.45) is 0. The standard InChI is InChI=1S/C2H4O2S4/c3-1(4)2(5,6)8-7/h5-7H,(H,3,4). The average Bonchev–Trinajstić information content (AvgIpc) is 1.67. The lowest BCUT2D eigenvalue weighted by molar-refractivity contribution is -0.135. The summed E-state index contributed by atoms with van der Waals surface area (Å²) in [5.74, 6) is -1.11. The molecule has 0 aromatic carbocycles. The van der Waals surface area contributed by atoms with Crippen molar-refractivity contribution in [3.63, 3.8) is 0 Å². The quantitative estimate of drug-likeness (QED) is 0.298. The summed E-state index contributed by atoms with van der Waals surface area (Å²) in [6, 6.07) is 0. The first kappa shape index (κ1) is 8.87. The molecule has 0 aliphatic heterocycles. The van der Waals surface area contributed by atoms with E-state index in [0.29, 0.717) is 0 Å². The zero-order valence-electron chi connectivity index (χ0n) is 3.61. The maximum atomic E-state index is 10.0. The molecule has 0 spiro atoms. The van der Waals surface area contributed by atoms with Gasteiger partial charge in [0.25, 0.3) is 0 Å². The lowest BCUT2D eigenvalue weighted by atomic mass is 10.8. The molecule has 0 fully saturated rings. The minimum Gasteiger partial charge on any atom is -0.479 e. The first-order chi connectivity index (χ1) is 3.50. The Morgan fingerprint density at radius 3 is 2.00 bits per heavy atom. The molecule has 1 N–H and O–H groups in total. The summed E-state index contributed by atoms with van der Waals surface area (Å²) in [6.45, 7) is 0. The van der Waals surface area contributed by atoms with Crippen LogP contribution in [0.3, 0.4) is 0 Å². The molecule has 48 valence electrons. The molecule has 0 saturated heterocycles. The molecule has 2 nitrogen and oxygen atoms in total. The van der Waals surface area contributed by atoms with Crippen LogP contribution < -0.4 is 0 Å². The van der Waals surface area contributed by atoms with Gasteiger partial charge in [-0.25, -0.2) is 4.79 Å². The molecule has 0 heterocycles. The van der Waals surface area contributed by atoms with Crippen molar-refractivity contribution in [2.45, 2.75) is 3.41 Å². The van der Waals surface area contributed by atoms with Gasteiger partial charge in [-0.1, -0.05) is 10.8 Å². The number of thiol groups is 3. The summed E-state index contributed by atoms with van der Waals surface area (Å²) in [5.41, 5.74) is 0. The minimum absolute atomic E-state index is 0.758. The van der Waals surface area contributed by atoms with Crippen molar-refractivity contribution in [3.8, 4) is 0 Å². The molecular formula is C2H4O2S4. The Bertz CT molecular complexity index is 100. The molecule has 0 aliphatic carbocycles. The van der Waals surface area contributed by atoms with Crippen molar-refractivity contribution in [2.75, 3.05) is 0 Å². The van der Waals surface area contributed by atoms with Gasteiger partial charge in [-0.15, -0.1) is 36.9 Å². The predicted octanol–water partition coefficient (Wildman–Crippen LogP) is 1.16. The van der Waals surface area contributed by atoms with Crippen molar-refractivity contribution in [2.24, 2.45) is 0 Å². The Morgan fingerprint density at radius 2 is 2.00 bits per heavy atom. The molecule has 0 atom stereocenters. The first-order valence-corrected chi connectivity index (χ1v) is 4.27. The number of rotatable bonds is 2. The zero-order chi connectivity index (χ0) is 6.78. The number of carboxylic acid groups (broad SMARTS) is 1. The van der Waals surface area contributed by atoms with Crippen molar-refractivity contribution < 1.29 is 9.90 Å². The zero-order valence-corrected chi connectivity index (χ0v) is 7.11. The van der Waals surface area contributed by atoms with E-state index in [1.54, 1.807) is 0 Å². The van der Waals surface area contributed by atoms with Crippen LogP contribution in [0.5, 0.6) is 0 Å². The molecule has 0 aliphatic rings. The maximum absolute atomic E-state index is 10.0. The second-order valence-electron chi connectivity index (χ2n) is 1.00. The van der Waals surface area contributed by atoms with Crippen molar-refractivity contribution in [1.82, 2.24) is 0 Å². The fraction of sp³-hybridized carbons (Fsp3) is 0.500. The summed E-state index contributed by atoms with van der Waals surface area (Å²) < 4.78 is -1.37. The van der Waals surface area contributed by atoms with E-state index in [0.717, 1.165) is 10.8 Å². The van der Waals surface area contributed by atoms with E-state index in [1.807, 2.05) is 0 Å². The molecule has 0 radical (unpaired) electrons. The average molecular weight is 188 g/mol. The van der Waals surface area contributed by atoms with Crippen LogP contribution in [0.1, 0.15) is 0 Å². The number of carbonyl (C=O) groups is 1. The Balaban J connectivity index is 3.91. The third kappa shape index (κ3) is 2.43. The van der Waals surface area contributed by atoms with Crippen LogP contribution in [0.2, 0.25) is 0 Å². The van der Waals surface area contributed by atoms with E-state index in [-0.39, 0.29) is 0 Å². The molecule has 6 heteroatoms. The van der Waals surface area contributed by atoms with E-state index in [4.69, 9.17) is 5.11 Å². The maximum Gasteiger partial charge on any atom is 0.341 e. The van der Waals surface area contributed by atoms with E-state index in [9.17, 15) is 4.79 Å². The van der Waals surface area contributed by atoms with Gasteiger partial charge in [0.05, 0.1) is 0 Å². The Labute approximate surface area is 67.0 Å². The molecule has 0 rings (SSSR count).